The number of hydrogen-bond acceptors (Lipinski definition) is 11. The fraction of sp³-hybridized carbons (Fsp3) is 0.519. The zero-order valence-electron chi connectivity index (χ0n) is 21.9. The third-order valence-electron chi connectivity index (χ3n) is 7.14. The highest BCUT2D eigenvalue weighted by Gasteiger charge is 2.34. The van der Waals surface area contributed by atoms with Crippen LogP contribution in [0.2, 0.25) is 0 Å². The second kappa shape index (κ2) is 12.2. The number of aliphatic hydroxyl groups is 1. The lowest BCUT2D eigenvalue weighted by Gasteiger charge is -2.39. The predicted octanol–water partition coefficient (Wildman–Crippen LogP) is 2.78. The van der Waals surface area contributed by atoms with E-state index < -0.39 is 11.4 Å². The Balaban J connectivity index is 1.45. The van der Waals surface area contributed by atoms with Crippen molar-refractivity contribution in [3.63, 3.8) is 0 Å². The van der Waals surface area contributed by atoms with E-state index in [0.717, 1.165) is 32.3 Å². The van der Waals surface area contributed by atoms with Gasteiger partial charge in [0.25, 0.3) is 0 Å². The van der Waals surface area contributed by atoms with Crippen LogP contribution in [0.3, 0.4) is 0 Å². The van der Waals surface area contributed by atoms with Crippen LogP contribution in [0.25, 0.3) is 16.2 Å². The number of aromatic nitrogens is 3. The van der Waals surface area contributed by atoms with Gasteiger partial charge in [-0.1, -0.05) is 0 Å². The van der Waals surface area contributed by atoms with Crippen LogP contribution >= 0.6 is 11.3 Å². The average molecular weight is 556 g/mol. The lowest BCUT2D eigenvalue weighted by Crippen LogP contribution is -2.51. The van der Waals surface area contributed by atoms with E-state index >= 15 is 0 Å². The molecule has 12 heteroatoms. The molecule has 0 bridgehead atoms. The fourth-order valence-electron chi connectivity index (χ4n) is 5.04. The zero-order chi connectivity index (χ0) is 27.4. The van der Waals surface area contributed by atoms with E-state index in [9.17, 15) is 19.5 Å². The number of pyridine rings is 2. The van der Waals surface area contributed by atoms with Gasteiger partial charge in [0.05, 0.1) is 36.3 Å². The molecule has 3 aromatic rings. The Bertz CT molecular complexity index is 1380. The van der Waals surface area contributed by atoms with Crippen molar-refractivity contribution in [3.05, 3.63) is 39.6 Å². The van der Waals surface area contributed by atoms with Gasteiger partial charge < -0.3 is 24.8 Å². The van der Waals surface area contributed by atoms with Gasteiger partial charge in [-0.25, -0.2) is 14.8 Å². The number of nitrogens with zero attached hydrogens (tertiary/aromatic N) is 4. The summed E-state index contributed by atoms with van der Waals surface area (Å²) in [5.74, 6) is 0.0247. The number of esters is 1. The Morgan fingerprint density at radius 3 is 2.85 bits per heavy atom. The van der Waals surface area contributed by atoms with Gasteiger partial charge in [0.2, 0.25) is 5.43 Å². The third kappa shape index (κ3) is 5.82. The lowest BCUT2D eigenvalue weighted by molar-refractivity contribution is -0.124. The minimum absolute atomic E-state index is 0.0766. The van der Waals surface area contributed by atoms with Crippen molar-refractivity contribution >= 4 is 45.6 Å². The number of rotatable bonds is 11. The zero-order valence-corrected chi connectivity index (χ0v) is 22.7. The highest BCUT2D eigenvalue weighted by molar-refractivity contribution is 7.12. The summed E-state index contributed by atoms with van der Waals surface area (Å²) in [5, 5.41) is 15.1. The molecule has 0 spiro atoms. The lowest BCUT2D eigenvalue weighted by atomic mass is 9.91. The molecule has 2 aliphatic rings. The monoisotopic (exact) mass is 555 g/mol. The number of nitrogens with one attached hydrogen (secondary N) is 1. The summed E-state index contributed by atoms with van der Waals surface area (Å²) in [6.45, 7) is 3.70. The first-order valence-corrected chi connectivity index (χ1v) is 14.3. The van der Waals surface area contributed by atoms with Crippen molar-refractivity contribution < 1.29 is 24.2 Å². The number of ketones is 1. The number of fused-ring (bicyclic) bond motifs is 1. The summed E-state index contributed by atoms with van der Waals surface area (Å²) in [6.07, 6.45) is 7.78. The molecule has 1 unspecified atom stereocenters. The van der Waals surface area contributed by atoms with Crippen molar-refractivity contribution in [1.82, 2.24) is 14.5 Å². The molecule has 5 rings (SSSR count). The molecule has 0 saturated carbocycles. The molecule has 2 N–H and O–H groups in total. The van der Waals surface area contributed by atoms with E-state index in [1.807, 2.05) is 4.90 Å². The van der Waals surface area contributed by atoms with E-state index in [4.69, 9.17) is 14.5 Å². The van der Waals surface area contributed by atoms with Crippen LogP contribution in [0.1, 0.15) is 49.4 Å². The molecule has 2 aliphatic heterocycles. The van der Waals surface area contributed by atoms with Gasteiger partial charge >= 0.3 is 5.97 Å². The first kappa shape index (κ1) is 27.2. The number of carbonyl (C=O) groups is 2. The number of carbonyl (C=O) groups excluding carboxylic acids is 2. The van der Waals surface area contributed by atoms with Crippen LogP contribution < -0.4 is 15.6 Å². The van der Waals surface area contributed by atoms with Crippen LogP contribution in [0.5, 0.6) is 0 Å². The second-order valence-electron chi connectivity index (χ2n) is 9.75. The number of anilines is 2. The molecule has 5 heterocycles. The van der Waals surface area contributed by atoms with E-state index in [1.54, 1.807) is 29.1 Å². The third-order valence-corrected chi connectivity index (χ3v) is 7.91. The van der Waals surface area contributed by atoms with Gasteiger partial charge in [0.1, 0.15) is 17.2 Å². The average Bonchev–Trinajstić information content (AvgIpc) is 3.45. The summed E-state index contributed by atoms with van der Waals surface area (Å²) >= 11 is 1.34. The number of thiazole rings is 1. The first-order chi connectivity index (χ1) is 19.0. The van der Waals surface area contributed by atoms with Crippen molar-refractivity contribution in [2.75, 3.05) is 49.7 Å². The SMILES string of the molecule is CCOC(=O)c1cn(-c2nccs2)c2nc(N3CC(C(=O)CCC4CCCCO4)C3)cc(NCCO)c2c1=O. The first-order valence-electron chi connectivity index (χ1n) is 13.4. The topological polar surface area (TPSA) is 136 Å². The predicted molar refractivity (Wildman–Crippen MR) is 148 cm³/mol. The van der Waals surface area contributed by atoms with Crippen LogP contribution in [0, 0.1) is 5.92 Å². The molecular formula is C27H33N5O6S. The van der Waals surface area contributed by atoms with Gasteiger partial charge in [0.15, 0.2) is 10.8 Å². The largest absolute Gasteiger partial charge is 0.462 e. The molecule has 1 atom stereocenters. The van der Waals surface area contributed by atoms with E-state index in [2.05, 4.69) is 10.3 Å². The maximum absolute atomic E-state index is 13.5. The molecule has 208 valence electrons. The molecule has 2 saturated heterocycles. The molecule has 0 amide bonds. The molecule has 0 aromatic carbocycles. The summed E-state index contributed by atoms with van der Waals surface area (Å²) in [6, 6.07) is 1.73. The minimum atomic E-state index is -0.727. The molecule has 39 heavy (non-hydrogen) atoms. The highest BCUT2D eigenvalue weighted by Crippen LogP contribution is 2.32. The normalized spacial score (nSPS) is 17.7. The molecule has 11 nitrogen and oxygen atoms in total. The van der Waals surface area contributed by atoms with Gasteiger partial charge in [-0.15, -0.1) is 11.3 Å². The van der Waals surface area contributed by atoms with Crippen LogP contribution in [-0.2, 0) is 14.3 Å². The number of Topliss-reactive ketones (excluding diaryl/α,β-unsaturated/α-hetero) is 1. The summed E-state index contributed by atoms with van der Waals surface area (Å²) in [4.78, 5) is 50.2. The van der Waals surface area contributed by atoms with Gasteiger partial charge in [-0.2, -0.15) is 0 Å². The Morgan fingerprint density at radius 1 is 1.31 bits per heavy atom. The van der Waals surface area contributed by atoms with Crippen LogP contribution in [0.4, 0.5) is 11.5 Å². The molecular weight excluding hydrogens is 522 g/mol. The summed E-state index contributed by atoms with van der Waals surface area (Å²) in [7, 11) is 0. The maximum Gasteiger partial charge on any atom is 0.343 e. The summed E-state index contributed by atoms with van der Waals surface area (Å²) < 4.78 is 12.5. The smallest absolute Gasteiger partial charge is 0.343 e. The van der Waals surface area contributed by atoms with Crippen molar-refractivity contribution in [1.29, 1.82) is 0 Å². The molecule has 0 radical (unpaired) electrons. The minimum Gasteiger partial charge on any atom is -0.462 e. The van der Waals surface area contributed by atoms with Gasteiger partial charge in [-0.3, -0.25) is 14.2 Å². The van der Waals surface area contributed by atoms with Crippen molar-refractivity contribution in [2.45, 2.75) is 45.1 Å². The second-order valence-corrected chi connectivity index (χ2v) is 10.6. The van der Waals surface area contributed by atoms with E-state index in [-0.39, 0.29) is 48.5 Å². The Hall–Kier alpha value is -3.35. The standard InChI is InChI=1S/C27H33N5O6S/c1-2-37-26(36)19-16-32(27-29-9-12-39-27)25-23(24(19)35)20(28-8-10-33)13-22(30-25)31-14-17(15-31)21(34)7-6-18-5-3-4-11-38-18/h9,12-13,16-18,33H,2-8,10-11,14-15H2,1H3,(H,28,30). The molecule has 3 aromatic heterocycles. The van der Waals surface area contributed by atoms with Crippen LogP contribution in [-0.4, -0.2) is 77.0 Å². The maximum atomic E-state index is 13.5. The molecule has 2 fully saturated rings. The Labute approximate surface area is 229 Å². The van der Waals surface area contributed by atoms with Crippen molar-refractivity contribution in [3.8, 4) is 5.13 Å². The Morgan fingerprint density at radius 2 is 2.15 bits per heavy atom. The summed E-state index contributed by atoms with van der Waals surface area (Å²) in [5.41, 5.74) is 0.120. The number of aliphatic hydroxyl groups excluding tert-OH is 1. The van der Waals surface area contributed by atoms with Gasteiger partial charge in [0, 0.05) is 56.5 Å². The van der Waals surface area contributed by atoms with E-state index in [0.29, 0.717) is 41.8 Å². The number of ether oxygens (including phenoxy) is 2. The Kier molecular flexibility index (Phi) is 8.53. The fourth-order valence-corrected chi connectivity index (χ4v) is 5.66. The quantitative estimate of drug-likeness (QED) is 0.340. The highest BCUT2D eigenvalue weighted by atomic mass is 32.1. The molecule has 0 aliphatic carbocycles. The van der Waals surface area contributed by atoms with Gasteiger partial charge in [-0.05, 0) is 32.6 Å². The van der Waals surface area contributed by atoms with E-state index in [1.165, 1.54) is 17.5 Å². The number of hydrogen-bond donors (Lipinski definition) is 2. The van der Waals surface area contributed by atoms with Crippen molar-refractivity contribution in [2.24, 2.45) is 5.92 Å². The van der Waals surface area contributed by atoms with Crippen LogP contribution in [0.15, 0.2) is 28.6 Å².